The van der Waals surface area contributed by atoms with Gasteiger partial charge in [0.05, 0.1) is 24.7 Å². The number of rotatable bonds is 11. The smallest absolute Gasteiger partial charge is 0.331 e. The van der Waals surface area contributed by atoms with E-state index in [0.29, 0.717) is 0 Å². The summed E-state index contributed by atoms with van der Waals surface area (Å²) in [6.07, 6.45) is -1.75. The third-order valence-corrected chi connectivity index (χ3v) is 2.94. The SMILES string of the molecule is C=C(C(=O)O)C(CC(=O)O)C(=O)O.C=C(CC(CC(=O)O)C(=O)O)C(=O)O. The average Bonchev–Trinajstić information content (AvgIpc) is 2.50. The van der Waals surface area contributed by atoms with Crippen molar-refractivity contribution >= 4 is 35.8 Å². The maximum atomic E-state index is 10.5. The number of carboxylic acids is 6. The van der Waals surface area contributed by atoms with Crippen molar-refractivity contribution in [1.29, 1.82) is 0 Å². The molecule has 0 aliphatic carbocycles. The summed E-state index contributed by atoms with van der Waals surface area (Å²) in [5.41, 5.74) is -0.937. The fourth-order valence-electron chi connectivity index (χ4n) is 1.53. The molecule has 0 saturated heterocycles. The Morgan fingerprint density at radius 1 is 0.630 bits per heavy atom. The Hall–Kier alpha value is -3.70. The third-order valence-electron chi connectivity index (χ3n) is 2.94. The fraction of sp³-hybridized carbons (Fsp3) is 0.333. The minimum Gasteiger partial charge on any atom is -0.481 e. The first-order valence-corrected chi connectivity index (χ1v) is 6.92. The normalized spacial score (nSPS) is 11.7. The fourth-order valence-corrected chi connectivity index (χ4v) is 1.53. The van der Waals surface area contributed by atoms with E-state index in [1.807, 2.05) is 0 Å². The topological polar surface area (TPSA) is 224 Å². The Bertz CT molecular complexity index is 660. The molecule has 27 heavy (non-hydrogen) atoms. The van der Waals surface area contributed by atoms with E-state index >= 15 is 0 Å². The Kier molecular flexibility index (Phi) is 11.1. The number of hydrogen-bond acceptors (Lipinski definition) is 6. The van der Waals surface area contributed by atoms with Crippen molar-refractivity contribution in [3.05, 3.63) is 24.3 Å². The van der Waals surface area contributed by atoms with E-state index in [1.54, 1.807) is 0 Å². The summed E-state index contributed by atoms with van der Waals surface area (Å²) >= 11 is 0. The highest BCUT2D eigenvalue weighted by molar-refractivity contribution is 5.95. The molecule has 0 bridgehead atoms. The van der Waals surface area contributed by atoms with Crippen molar-refractivity contribution in [2.75, 3.05) is 0 Å². The van der Waals surface area contributed by atoms with Crippen LogP contribution in [-0.2, 0) is 28.8 Å². The first-order valence-electron chi connectivity index (χ1n) is 6.92. The van der Waals surface area contributed by atoms with Gasteiger partial charge in [-0.25, -0.2) is 9.59 Å². The largest absolute Gasteiger partial charge is 0.481 e. The van der Waals surface area contributed by atoms with Crippen molar-refractivity contribution in [2.24, 2.45) is 11.8 Å². The van der Waals surface area contributed by atoms with Gasteiger partial charge < -0.3 is 30.6 Å². The van der Waals surface area contributed by atoms with Crippen molar-refractivity contribution in [3.8, 4) is 0 Å². The van der Waals surface area contributed by atoms with Crippen molar-refractivity contribution < 1.29 is 59.4 Å². The van der Waals surface area contributed by atoms with Gasteiger partial charge in [0.25, 0.3) is 0 Å². The van der Waals surface area contributed by atoms with Gasteiger partial charge in [-0.1, -0.05) is 13.2 Å². The quantitative estimate of drug-likeness (QED) is 0.256. The van der Waals surface area contributed by atoms with E-state index < -0.39 is 66.1 Å². The molecule has 0 aliphatic heterocycles. The lowest BCUT2D eigenvalue weighted by atomic mass is 9.97. The molecule has 12 heteroatoms. The summed E-state index contributed by atoms with van der Waals surface area (Å²) in [5.74, 6) is -11.1. The zero-order chi connectivity index (χ0) is 21.9. The molecule has 0 fully saturated rings. The molecule has 2 atom stereocenters. The minimum absolute atomic E-state index is 0.307. The summed E-state index contributed by atoms with van der Waals surface area (Å²) in [7, 11) is 0. The maximum absolute atomic E-state index is 10.5. The van der Waals surface area contributed by atoms with E-state index in [-0.39, 0.29) is 12.0 Å². The second-order valence-electron chi connectivity index (χ2n) is 5.06. The van der Waals surface area contributed by atoms with Crippen molar-refractivity contribution in [1.82, 2.24) is 0 Å². The van der Waals surface area contributed by atoms with Gasteiger partial charge in [0.2, 0.25) is 0 Å². The number of aliphatic carboxylic acids is 6. The van der Waals surface area contributed by atoms with Gasteiger partial charge in [-0.15, -0.1) is 0 Å². The second-order valence-corrected chi connectivity index (χ2v) is 5.06. The molecule has 0 aromatic carbocycles. The van der Waals surface area contributed by atoms with Crippen LogP contribution in [0.2, 0.25) is 0 Å². The Balaban J connectivity index is 0. The Morgan fingerprint density at radius 2 is 1.07 bits per heavy atom. The first-order chi connectivity index (χ1) is 12.2. The van der Waals surface area contributed by atoms with Crippen LogP contribution in [0.5, 0.6) is 0 Å². The molecule has 0 saturated carbocycles. The van der Waals surface area contributed by atoms with Crippen LogP contribution in [0.4, 0.5) is 0 Å². The maximum Gasteiger partial charge on any atom is 0.331 e. The molecule has 6 N–H and O–H groups in total. The molecule has 0 radical (unpaired) electrons. The molecule has 12 nitrogen and oxygen atoms in total. The Morgan fingerprint density at radius 3 is 1.33 bits per heavy atom. The number of carbonyl (C=O) groups is 6. The average molecular weight is 390 g/mol. The third kappa shape index (κ3) is 11.5. The molecule has 0 aromatic rings. The standard InChI is InChI=1S/C8H10O6.C7H8O6/c1-4(7(11)12)2-5(8(13)14)3-6(9)10;1-3(6(10)11)4(7(12)13)2-5(8)9/h5H,1-3H2,(H,9,10)(H,11,12)(H,13,14);4H,1-2H2,(H,8,9)(H,10,11)(H,12,13). The molecular weight excluding hydrogens is 372 g/mol. The van der Waals surface area contributed by atoms with E-state index in [4.69, 9.17) is 30.6 Å². The molecule has 0 aromatic heterocycles. The van der Waals surface area contributed by atoms with Gasteiger partial charge >= 0.3 is 35.8 Å². The lowest BCUT2D eigenvalue weighted by Crippen LogP contribution is -2.23. The van der Waals surface area contributed by atoms with E-state index in [0.717, 1.165) is 0 Å². The lowest BCUT2D eigenvalue weighted by Gasteiger charge is -2.08. The summed E-state index contributed by atoms with van der Waals surface area (Å²) in [5, 5.41) is 50.4. The molecule has 0 heterocycles. The van der Waals surface area contributed by atoms with Crippen LogP contribution in [0.15, 0.2) is 24.3 Å². The second kappa shape index (κ2) is 11.8. The predicted octanol–water partition coefficient (Wildman–Crippen LogP) is -0.00450. The minimum atomic E-state index is -1.57. The predicted molar refractivity (Wildman–Crippen MR) is 84.9 cm³/mol. The van der Waals surface area contributed by atoms with Crippen molar-refractivity contribution in [2.45, 2.75) is 19.3 Å². The van der Waals surface area contributed by atoms with Gasteiger partial charge in [0, 0.05) is 11.1 Å². The van der Waals surface area contributed by atoms with Crippen molar-refractivity contribution in [3.63, 3.8) is 0 Å². The van der Waals surface area contributed by atoms with E-state index in [9.17, 15) is 28.8 Å². The summed E-state index contributed by atoms with van der Waals surface area (Å²) in [6, 6.07) is 0. The van der Waals surface area contributed by atoms with Crippen LogP contribution in [0.1, 0.15) is 19.3 Å². The molecule has 2 unspecified atom stereocenters. The lowest BCUT2D eigenvalue weighted by molar-refractivity contribution is -0.148. The highest BCUT2D eigenvalue weighted by atomic mass is 16.4. The highest BCUT2D eigenvalue weighted by Gasteiger charge is 2.28. The van der Waals surface area contributed by atoms with Gasteiger partial charge in [0.1, 0.15) is 0 Å². The van der Waals surface area contributed by atoms with E-state index in [1.165, 1.54) is 0 Å². The van der Waals surface area contributed by atoms with Crippen LogP contribution in [0.25, 0.3) is 0 Å². The molecule has 0 rings (SSSR count). The van der Waals surface area contributed by atoms with Gasteiger partial charge in [-0.3, -0.25) is 19.2 Å². The molecule has 0 amide bonds. The van der Waals surface area contributed by atoms with Gasteiger partial charge in [0.15, 0.2) is 0 Å². The summed E-state index contributed by atoms with van der Waals surface area (Å²) in [4.78, 5) is 61.8. The monoisotopic (exact) mass is 390 g/mol. The van der Waals surface area contributed by atoms with Gasteiger partial charge in [-0.2, -0.15) is 0 Å². The number of carboxylic acid groups (broad SMARTS) is 6. The van der Waals surface area contributed by atoms with Crippen LogP contribution < -0.4 is 0 Å². The van der Waals surface area contributed by atoms with Crippen LogP contribution in [0.3, 0.4) is 0 Å². The van der Waals surface area contributed by atoms with Crippen LogP contribution in [0, 0.1) is 11.8 Å². The van der Waals surface area contributed by atoms with Crippen LogP contribution in [-0.4, -0.2) is 66.5 Å². The Labute approximate surface area is 151 Å². The van der Waals surface area contributed by atoms with Gasteiger partial charge in [-0.05, 0) is 6.42 Å². The molecular formula is C15H18O12. The number of hydrogen-bond donors (Lipinski definition) is 6. The summed E-state index contributed by atoms with van der Waals surface area (Å²) in [6.45, 7) is 6.11. The van der Waals surface area contributed by atoms with E-state index in [2.05, 4.69) is 13.2 Å². The molecule has 0 spiro atoms. The molecule has 0 aliphatic rings. The first kappa shape index (κ1) is 25.5. The highest BCUT2D eigenvalue weighted by Crippen LogP contribution is 2.15. The summed E-state index contributed by atoms with van der Waals surface area (Å²) < 4.78 is 0. The van der Waals surface area contributed by atoms with Crippen LogP contribution >= 0.6 is 0 Å². The zero-order valence-corrected chi connectivity index (χ0v) is 13.8. The zero-order valence-electron chi connectivity index (χ0n) is 13.8. The molecule has 150 valence electrons.